The van der Waals surface area contributed by atoms with Gasteiger partial charge in [-0.05, 0) is 44.1 Å². The van der Waals surface area contributed by atoms with Crippen LogP contribution in [-0.2, 0) is 23.9 Å². The van der Waals surface area contributed by atoms with Gasteiger partial charge in [0, 0.05) is 19.3 Å². The zero-order valence-electron chi connectivity index (χ0n) is 26.7. The van der Waals surface area contributed by atoms with Crippen LogP contribution in [-0.4, -0.2) is 42.1 Å². The van der Waals surface area contributed by atoms with Crippen LogP contribution >= 0.6 is 0 Å². The van der Waals surface area contributed by atoms with E-state index in [1.807, 2.05) is 12.2 Å². The van der Waals surface area contributed by atoms with Crippen molar-refractivity contribution >= 4 is 17.7 Å². The Morgan fingerprint density at radius 1 is 0.634 bits per heavy atom. The first-order chi connectivity index (χ1) is 19.8. The van der Waals surface area contributed by atoms with E-state index >= 15 is 0 Å². The summed E-state index contributed by atoms with van der Waals surface area (Å²) in [7, 11) is 0. The normalized spacial score (nSPS) is 12.4. The second-order valence-electron chi connectivity index (χ2n) is 11.8. The van der Waals surface area contributed by atoms with Crippen LogP contribution < -0.4 is 0 Å². The van der Waals surface area contributed by atoms with E-state index in [9.17, 15) is 19.5 Å². The second kappa shape index (κ2) is 29.5. The van der Waals surface area contributed by atoms with E-state index in [-0.39, 0.29) is 30.9 Å². The quantitative estimate of drug-likeness (QED) is 0.0412. The Morgan fingerprint density at radius 2 is 1.12 bits per heavy atom. The number of hydrogen-bond donors (Lipinski definition) is 1. The molecule has 0 radical (unpaired) electrons. The Kier molecular flexibility index (Phi) is 28.1. The molecule has 6 nitrogen and oxygen atoms in total. The molecular formula is C35H62O6. The molecule has 0 aliphatic heterocycles. The second-order valence-corrected chi connectivity index (χ2v) is 11.8. The molecule has 0 aliphatic rings. The number of allylic oxidation sites excluding steroid dienone is 4. The maximum absolute atomic E-state index is 11.9. The standard InChI is InChI=1S/C35H62O6/c1-4-5-19-25-32(36)26-21-16-12-7-6-8-13-17-22-27-34(38)40-29-33(37)30-41-35(39)28-23-18-14-10-9-11-15-20-24-31(2)3/h12,16,21,26,31,33,37H,4-11,13-15,17-20,22-25,27-30H2,1-3H3/b16-12-,26-21+/t33-/m1/s1. The Morgan fingerprint density at radius 3 is 1.66 bits per heavy atom. The monoisotopic (exact) mass is 578 g/mol. The highest BCUT2D eigenvalue weighted by molar-refractivity contribution is 5.89. The minimum atomic E-state index is -0.985. The summed E-state index contributed by atoms with van der Waals surface area (Å²) >= 11 is 0. The summed E-state index contributed by atoms with van der Waals surface area (Å²) in [5.74, 6) is 0.373. The molecule has 0 rings (SSSR count). The van der Waals surface area contributed by atoms with Gasteiger partial charge in [0.25, 0.3) is 0 Å². The molecule has 0 bridgehead atoms. The van der Waals surface area contributed by atoms with Gasteiger partial charge in [-0.2, -0.15) is 0 Å². The maximum atomic E-state index is 11.9. The first kappa shape index (κ1) is 39.0. The number of esters is 2. The Balaban J connectivity index is 3.54. The lowest BCUT2D eigenvalue weighted by Gasteiger charge is -2.12. The highest BCUT2D eigenvalue weighted by atomic mass is 16.6. The van der Waals surface area contributed by atoms with Crippen molar-refractivity contribution < 1.29 is 29.0 Å². The number of aliphatic hydroxyl groups is 1. The number of hydrogen-bond acceptors (Lipinski definition) is 6. The van der Waals surface area contributed by atoms with Gasteiger partial charge >= 0.3 is 11.9 Å². The topological polar surface area (TPSA) is 89.9 Å². The van der Waals surface area contributed by atoms with Crippen molar-refractivity contribution in [2.24, 2.45) is 5.92 Å². The first-order valence-corrected chi connectivity index (χ1v) is 16.7. The van der Waals surface area contributed by atoms with Crippen molar-refractivity contribution in [3.63, 3.8) is 0 Å². The lowest BCUT2D eigenvalue weighted by molar-refractivity contribution is -0.152. The van der Waals surface area contributed by atoms with Crippen molar-refractivity contribution in [1.29, 1.82) is 0 Å². The number of ketones is 1. The fraction of sp³-hybridized carbons (Fsp3) is 0.800. The molecule has 6 heteroatoms. The van der Waals surface area contributed by atoms with E-state index in [1.54, 1.807) is 6.08 Å². The summed E-state index contributed by atoms with van der Waals surface area (Å²) < 4.78 is 10.2. The molecule has 0 amide bonds. The van der Waals surface area contributed by atoms with Crippen LogP contribution in [0.1, 0.15) is 156 Å². The largest absolute Gasteiger partial charge is 0.463 e. The van der Waals surface area contributed by atoms with Gasteiger partial charge in [-0.3, -0.25) is 14.4 Å². The van der Waals surface area contributed by atoms with Gasteiger partial charge in [0.1, 0.15) is 19.3 Å². The highest BCUT2D eigenvalue weighted by Gasteiger charge is 2.12. The number of carbonyl (C=O) groups excluding carboxylic acids is 3. The summed E-state index contributed by atoms with van der Waals surface area (Å²) in [5.41, 5.74) is 0. The predicted octanol–water partition coefficient (Wildman–Crippen LogP) is 8.98. The molecule has 0 heterocycles. The smallest absolute Gasteiger partial charge is 0.305 e. The highest BCUT2D eigenvalue weighted by Crippen LogP contribution is 2.13. The van der Waals surface area contributed by atoms with E-state index in [4.69, 9.17) is 9.47 Å². The summed E-state index contributed by atoms with van der Waals surface area (Å²) in [6, 6.07) is 0. The first-order valence-electron chi connectivity index (χ1n) is 16.7. The average Bonchev–Trinajstić information content (AvgIpc) is 2.94. The molecule has 0 aromatic rings. The predicted molar refractivity (Wildman–Crippen MR) is 169 cm³/mol. The summed E-state index contributed by atoms with van der Waals surface area (Å²) in [6.07, 6.45) is 27.8. The molecule has 0 fully saturated rings. The van der Waals surface area contributed by atoms with Gasteiger partial charge < -0.3 is 14.6 Å². The Hall–Kier alpha value is -1.95. The van der Waals surface area contributed by atoms with Gasteiger partial charge in [0.05, 0.1) is 0 Å². The van der Waals surface area contributed by atoms with E-state index < -0.39 is 6.10 Å². The lowest BCUT2D eigenvalue weighted by Crippen LogP contribution is -2.25. The summed E-state index contributed by atoms with van der Waals surface area (Å²) in [6.45, 7) is 6.40. The Labute approximate surface area is 251 Å². The van der Waals surface area contributed by atoms with Crippen LogP contribution in [0.5, 0.6) is 0 Å². The molecule has 0 spiro atoms. The van der Waals surface area contributed by atoms with Crippen LogP contribution in [0.2, 0.25) is 0 Å². The third-order valence-corrected chi connectivity index (χ3v) is 7.09. The fourth-order valence-corrected chi connectivity index (χ4v) is 4.49. The molecule has 0 aliphatic carbocycles. The van der Waals surface area contributed by atoms with Gasteiger partial charge in [0.15, 0.2) is 5.78 Å². The van der Waals surface area contributed by atoms with Gasteiger partial charge in [-0.1, -0.05) is 122 Å². The number of rotatable bonds is 29. The van der Waals surface area contributed by atoms with Gasteiger partial charge in [0.2, 0.25) is 0 Å². The zero-order chi connectivity index (χ0) is 30.4. The zero-order valence-corrected chi connectivity index (χ0v) is 26.7. The number of carbonyl (C=O) groups is 3. The van der Waals surface area contributed by atoms with E-state index in [2.05, 4.69) is 26.8 Å². The molecule has 1 atom stereocenters. The van der Waals surface area contributed by atoms with Crippen LogP contribution in [0.25, 0.3) is 0 Å². The van der Waals surface area contributed by atoms with Gasteiger partial charge in [-0.15, -0.1) is 0 Å². The minimum Gasteiger partial charge on any atom is -0.463 e. The molecule has 0 saturated carbocycles. The Bertz CT molecular complexity index is 697. The van der Waals surface area contributed by atoms with Crippen molar-refractivity contribution in [1.82, 2.24) is 0 Å². The molecule has 0 aromatic carbocycles. The SMILES string of the molecule is CCCCCC(=O)/C=C/C=C\CCCCCCCC(=O)OC[C@@H](O)COC(=O)CCCCCCCCCCC(C)C. The van der Waals surface area contributed by atoms with Crippen molar-refractivity contribution in [3.05, 3.63) is 24.3 Å². The number of ether oxygens (including phenoxy) is 2. The molecule has 0 aromatic heterocycles. The van der Waals surface area contributed by atoms with Crippen molar-refractivity contribution in [3.8, 4) is 0 Å². The molecule has 0 saturated heterocycles. The van der Waals surface area contributed by atoms with E-state index in [1.165, 1.54) is 38.5 Å². The van der Waals surface area contributed by atoms with Crippen LogP contribution in [0.4, 0.5) is 0 Å². The molecule has 1 N–H and O–H groups in total. The fourth-order valence-electron chi connectivity index (χ4n) is 4.49. The van der Waals surface area contributed by atoms with Crippen LogP contribution in [0.15, 0.2) is 24.3 Å². The summed E-state index contributed by atoms with van der Waals surface area (Å²) in [4.78, 5) is 35.4. The third-order valence-electron chi connectivity index (χ3n) is 7.09. The van der Waals surface area contributed by atoms with E-state index in [0.717, 1.165) is 83.0 Å². The molecule has 238 valence electrons. The molecule has 41 heavy (non-hydrogen) atoms. The average molecular weight is 579 g/mol. The van der Waals surface area contributed by atoms with Crippen molar-refractivity contribution in [2.75, 3.05) is 13.2 Å². The molecular weight excluding hydrogens is 516 g/mol. The van der Waals surface area contributed by atoms with Crippen LogP contribution in [0, 0.1) is 5.92 Å². The van der Waals surface area contributed by atoms with Crippen molar-refractivity contribution in [2.45, 2.75) is 162 Å². The lowest BCUT2D eigenvalue weighted by atomic mass is 10.0. The van der Waals surface area contributed by atoms with Crippen LogP contribution in [0.3, 0.4) is 0 Å². The molecule has 0 unspecified atom stereocenters. The summed E-state index contributed by atoms with van der Waals surface area (Å²) in [5, 5.41) is 9.94. The number of unbranched alkanes of at least 4 members (excludes halogenated alkanes) is 14. The minimum absolute atomic E-state index is 0.137. The van der Waals surface area contributed by atoms with Gasteiger partial charge in [-0.25, -0.2) is 0 Å². The van der Waals surface area contributed by atoms with E-state index in [0.29, 0.717) is 19.3 Å². The number of aliphatic hydroxyl groups excluding tert-OH is 1. The maximum Gasteiger partial charge on any atom is 0.305 e. The third kappa shape index (κ3) is 30.8.